The van der Waals surface area contributed by atoms with Gasteiger partial charge < -0.3 is 15.0 Å². The number of methoxy groups -OCH3 is 1. The minimum absolute atomic E-state index is 0.00272. The highest BCUT2D eigenvalue weighted by molar-refractivity contribution is 7.91. The SMILES string of the molecule is CC.CCS(=O)(=O)c1ccc(CNC(=O)N2CC(C(=N)OC)C(c3ccccc3)C2)cc1. The minimum atomic E-state index is -3.24. The van der Waals surface area contributed by atoms with Gasteiger partial charge in [0.05, 0.1) is 23.7 Å². The molecule has 8 heteroatoms. The summed E-state index contributed by atoms with van der Waals surface area (Å²) in [5, 5.41) is 11.0. The van der Waals surface area contributed by atoms with E-state index in [-0.39, 0.29) is 34.4 Å². The van der Waals surface area contributed by atoms with Crippen molar-refractivity contribution in [3.63, 3.8) is 0 Å². The molecule has 2 N–H and O–H groups in total. The number of likely N-dealkylation sites (tertiary alicyclic amines) is 1. The summed E-state index contributed by atoms with van der Waals surface area (Å²) in [6, 6.07) is 16.2. The van der Waals surface area contributed by atoms with Crippen molar-refractivity contribution in [2.75, 3.05) is 26.0 Å². The molecule has 0 saturated carbocycles. The molecule has 2 aromatic rings. The van der Waals surface area contributed by atoms with Crippen molar-refractivity contribution in [2.45, 2.75) is 38.1 Å². The van der Waals surface area contributed by atoms with Crippen LogP contribution < -0.4 is 5.32 Å². The Labute approximate surface area is 191 Å². The number of hydrogen-bond donors (Lipinski definition) is 2. The fraction of sp³-hybridized carbons (Fsp3) is 0.417. The third kappa shape index (κ3) is 6.09. The monoisotopic (exact) mass is 459 g/mol. The predicted molar refractivity (Wildman–Crippen MR) is 127 cm³/mol. The molecular formula is C24H33N3O4S. The molecule has 2 aromatic carbocycles. The smallest absolute Gasteiger partial charge is 0.317 e. The van der Waals surface area contributed by atoms with Crippen LogP contribution in [0.5, 0.6) is 0 Å². The first-order chi connectivity index (χ1) is 15.4. The number of carbonyl (C=O) groups excluding carboxylic acids is 1. The molecule has 0 aromatic heterocycles. The van der Waals surface area contributed by atoms with Crippen LogP contribution in [-0.4, -0.2) is 51.2 Å². The Balaban J connectivity index is 0.00000176. The van der Waals surface area contributed by atoms with E-state index in [1.54, 1.807) is 36.1 Å². The fourth-order valence-corrected chi connectivity index (χ4v) is 4.58. The molecule has 2 unspecified atom stereocenters. The van der Waals surface area contributed by atoms with E-state index in [9.17, 15) is 13.2 Å². The van der Waals surface area contributed by atoms with Crippen molar-refractivity contribution in [1.82, 2.24) is 10.2 Å². The maximum absolute atomic E-state index is 12.7. The highest BCUT2D eigenvalue weighted by Crippen LogP contribution is 2.33. The van der Waals surface area contributed by atoms with Crippen LogP contribution >= 0.6 is 0 Å². The minimum Gasteiger partial charge on any atom is -0.484 e. The van der Waals surface area contributed by atoms with E-state index in [2.05, 4.69) is 5.32 Å². The Bertz CT molecular complexity index is 992. The maximum Gasteiger partial charge on any atom is 0.317 e. The zero-order valence-electron chi connectivity index (χ0n) is 19.2. The van der Waals surface area contributed by atoms with Gasteiger partial charge in [0.2, 0.25) is 0 Å². The van der Waals surface area contributed by atoms with Crippen LogP contribution in [0.3, 0.4) is 0 Å². The number of sulfone groups is 1. The van der Waals surface area contributed by atoms with Gasteiger partial charge in [0, 0.05) is 25.6 Å². The Morgan fingerprint density at radius 3 is 2.28 bits per heavy atom. The standard InChI is InChI=1S/C22H27N3O4S.C2H6/c1-3-30(27,28)18-11-9-16(10-12-18)13-24-22(26)25-14-19(17-7-5-4-6-8-17)20(15-25)21(23)29-2;1-2/h4-12,19-20,23H,3,13-15H2,1-2H3,(H,24,26);1-2H3. The van der Waals surface area contributed by atoms with E-state index >= 15 is 0 Å². The first-order valence-corrected chi connectivity index (χ1v) is 12.5. The van der Waals surface area contributed by atoms with Crippen molar-refractivity contribution in [2.24, 2.45) is 5.92 Å². The molecule has 0 bridgehead atoms. The molecule has 3 rings (SSSR count). The van der Waals surface area contributed by atoms with Crippen LogP contribution in [0.2, 0.25) is 0 Å². The van der Waals surface area contributed by atoms with Crippen molar-refractivity contribution in [1.29, 1.82) is 5.41 Å². The zero-order valence-corrected chi connectivity index (χ0v) is 20.0. The second-order valence-electron chi connectivity index (χ2n) is 7.30. The van der Waals surface area contributed by atoms with Crippen LogP contribution in [0.4, 0.5) is 4.79 Å². The van der Waals surface area contributed by atoms with Gasteiger partial charge >= 0.3 is 6.03 Å². The van der Waals surface area contributed by atoms with Crippen LogP contribution in [0, 0.1) is 11.3 Å². The number of hydrogen-bond acceptors (Lipinski definition) is 5. The highest BCUT2D eigenvalue weighted by atomic mass is 32.2. The highest BCUT2D eigenvalue weighted by Gasteiger charge is 2.39. The van der Waals surface area contributed by atoms with Crippen LogP contribution in [0.25, 0.3) is 0 Å². The lowest BCUT2D eigenvalue weighted by Gasteiger charge is -2.18. The van der Waals surface area contributed by atoms with Gasteiger partial charge in [-0.1, -0.05) is 63.2 Å². The van der Waals surface area contributed by atoms with E-state index in [0.717, 1.165) is 11.1 Å². The summed E-state index contributed by atoms with van der Waals surface area (Å²) in [6.07, 6.45) is 0. The summed E-state index contributed by atoms with van der Waals surface area (Å²) >= 11 is 0. The summed E-state index contributed by atoms with van der Waals surface area (Å²) in [6.45, 7) is 6.81. The van der Waals surface area contributed by atoms with Gasteiger partial charge in [-0.15, -0.1) is 0 Å². The van der Waals surface area contributed by atoms with Crippen molar-refractivity contribution in [3.8, 4) is 0 Å². The molecule has 174 valence electrons. The summed E-state index contributed by atoms with van der Waals surface area (Å²) < 4.78 is 29.0. The van der Waals surface area contributed by atoms with Crippen LogP contribution in [0.1, 0.15) is 37.8 Å². The molecular weight excluding hydrogens is 426 g/mol. The zero-order chi connectivity index (χ0) is 23.7. The largest absolute Gasteiger partial charge is 0.484 e. The van der Waals surface area contributed by atoms with Crippen molar-refractivity contribution in [3.05, 3.63) is 65.7 Å². The molecule has 1 heterocycles. The molecule has 1 fully saturated rings. The van der Waals surface area contributed by atoms with Gasteiger partial charge in [-0.2, -0.15) is 0 Å². The first-order valence-electron chi connectivity index (χ1n) is 10.9. The van der Waals surface area contributed by atoms with E-state index < -0.39 is 9.84 Å². The van der Waals surface area contributed by atoms with Crippen LogP contribution in [0.15, 0.2) is 59.5 Å². The first kappa shape index (κ1) is 25.4. The van der Waals surface area contributed by atoms with Crippen molar-refractivity contribution >= 4 is 21.8 Å². The van der Waals surface area contributed by atoms with Gasteiger partial charge in [-0.05, 0) is 23.3 Å². The van der Waals surface area contributed by atoms with Gasteiger partial charge in [0.15, 0.2) is 15.7 Å². The van der Waals surface area contributed by atoms with Gasteiger partial charge in [0.1, 0.15) is 0 Å². The van der Waals surface area contributed by atoms with Gasteiger partial charge in [0.25, 0.3) is 0 Å². The third-order valence-electron chi connectivity index (χ3n) is 5.50. The quantitative estimate of drug-likeness (QED) is 0.503. The average molecular weight is 460 g/mol. The Morgan fingerprint density at radius 1 is 1.09 bits per heavy atom. The molecule has 1 aliphatic rings. The molecule has 1 aliphatic heterocycles. The molecule has 2 amide bonds. The lowest BCUT2D eigenvalue weighted by molar-refractivity contribution is 0.207. The number of nitrogens with one attached hydrogen (secondary N) is 2. The Kier molecular flexibility index (Phi) is 9.26. The second-order valence-corrected chi connectivity index (χ2v) is 9.58. The molecule has 0 aliphatic carbocycles. The third-order valence-corrected chi connectivity index (χ3v) is 7.25. The number of benzene rings is 2. The molecule has 32 heavy (non-hydrogen) atoms. The van der Waals surface area contributed by atoms with E-state index in [1.165, 1.54) is 7.11 Å². The predicted octanol–water partition coefficient (Wildman–Crippen LogP) is 4.06. The second kappa shape index (κ2) is 11.7. The molecule has 7 nitrogen and oxygen atoms in total. The number of rotatable bonds is 6. The van der Waals surface area contributed by atoms with Gasteiger partial charge in [-0.3, -0.25) is 5.41 Å². The number of nitrogens with zero attached hydrogens (tertiary/aromatic N) is 1. The molecule has 1 saturated heterocycles. The maximum atomic E-state index is 12.7. The normalized spacial score (nSPS) is 17.8. The summed E-state index contributed by atoms with van der Waals surface area (Å²) in [5.74, 6) is 0.0367. The Morgan fingerprint density at radius 2 is 1.72 bits per heavy atom. The van der Waals surface area contributed by atoms with E-state index in [0.29, 0.717) is 19.6 Å². The number of carbonyl (C=O) groups is 1. The topological polar surface area (TPSA) is 99.6 Å². The lowest BCUT2D eigenvalue weighted by atomic mass is 9.89. The van der Waals surface area contributed by atoms with Crippen molar-refractivity contribution < 1.29 is 17.9 Å². The van der Waals surface area contributed by atoms with Gasteiger partial charge in [-0.25, -0.2) is 13.2 Å². The number of ether oxygens (including phenoxy) is 1. The van der Waals surface area contributed by atoms with Crippen LogP contribution in [-0.2, 0) is 21.1 Å². The number of urea groups is 1. The summed E-state index contributed by atoms with van der Waals surface area (Å²) in [4.78, 5) is 14.7. The molecule has 0 radical (unpaired) electrons. The lowest BCUT2D eigenvalue weighted by Crippen LogP contribution is -2.38. The van der Waals surface area contributed by atoms with E-state index in [1.807, 2.05) is 44.2 Å². The Hall–Kier alpha value is -2.87. The molecule has 0 spiro atoms. The average Bonchev–Trinajstić information content (AvgIpc) is 3.30. The number of amides is 2. The molecule has 2 atom stereocenters. The summed E-state index contributed by atoms with van der Waals surface area (Å²) in [5.41, 5.74) is 1.89. The van der Waals surface area contributed by atoms with E-state index in [4.69, 9.17) is 10.1 Å². The summed E-state index contributed by atoms with van der Waals surface area (Å²) in [7, 11) is -1.75. The fourth-order valence-electron chi connectivity index (χ4n) is 3.70.